The fourth-order valence-corrected chi connectivity index (χ4v) is 2.49. The van der Waals surface area contributed by atoms with Crippen LogP contribution < -0.4 is 9.47 Å². The molecule has 0 saturated carbocycles. The van der Waals surface area contributed by atoms with Crippen molar-refractivity contribution in [3.63, 3.8) is 0 Å². The zero-order valence-electron chi connectivity index (χ0n) is 11.3. The minimum Gasteiger partial charge on any atom is -0.494 e. The Kier molecular flexibility index (Phi) is 5.74. The van der Waals surface area contributed by atoms with E-state index in [0.717, 1.165) is 22.8 Å². The van der Waals surface area contributed by atoms with E-state index < -0.39 is 0 Å². The van der Waals surface area contributed by atoms with Crippen molar-refractivity contribution in [2.45, 2.75) is 5.75 Å². The van der Waals surface area contributed by atoms with Crippen LogP contribution in [0.15, 0.2) is 48.5 Å². The van der Waals surface area contributed by atoms with E-state index in [-0.39, 0.29) is 11.6 Å². The highest BCUT2D eigenvalue weighted by atomic mass is 32.2. The summed E-state index contributed by atoms with van der Waals surface area (Å²) in [4.78, 5) is 0. The molecular formula is C16H17FO2S. The fourth-order valence-electron chi connectivity index (χ4n) is 1.72. The molecule has 0 unspecified atom stereocenters. The number of hydrogen-bond acceptors (Lipinski definition) is 3. The van der Waals surface area contributed by atoms with Crippen molar-refractivity contribution >= 4 is 11.8 Å². The molecule has 0 atom stereocenters. The van der Waals surface area contributed by atoms with Crippen molar-refractivity contribution in [2.75, 3.05) is 19.5 Å². The van der Waals surface area contributed by atoms with E-state index in [0.29, 0.717) is 6.61 Å². The van der Waals surface area contributed by atoms with Gasteiger partial charge in [0.2, 0.25) is 0 Å². The topological polar surface area (TPSA) is 18.5 Å². The number of halogens is 1. The Bertz CT molecular complexity index is 531. The van der Waals surface area contributed by atoms with Gasteiger partial charge in [0, 0.05) is 11.5 Å². The van der Waals surface area contributed by atoms with Crippen molar-refractivity contribution in [3.8, 4) is 11.5 Å². The molecule has 2 aromatic carbocycles. The first kappa shape index (κ1) is 14.7. The first-order chi connectivity index (χ1) is 9.79. The number of para-hydroxylation sites is 1. The maximum atomic E-state index is 13.5. The molecular weight excluding hydrogens is 275 g/mol. The highest BCUT2D eigenvalue weighted by Gasteiger charge is 2.03. The number of thioether (sulfide) groups is 1. The zero-order chi connectivity index (χ0) is 14.2. The summed E-state index contributed by atoms with van der Waals surface area (Å²) >= 11 is 1.72. The third kappa shape index (κ3) is 4.46. The van der Waals surface area contributed by atoms with Gasteiger partial charge in [-0.3, -0.25) is 0 Å². The summed E-state index contributed by atoms with van der Waals surface area (Å²) in [5.41, 5.74) is 0.952. The van der Waals surface area contributed by atoms with Gasteiger partial charge in [0.15, 0.2) is 11.6 Å². The molecule has 0 N–H and O–H groups in total. The van der Waals surface area contributed by atoms with Gasteiger partial charge in [-0.15, -0.1) is 0 Å². The van der Waals surface area contributed by atoms with Gasteiger partial charge in [-0.2, -0.15) is 11.8 Å². The SMILES string of the molecule is COc1ccc(CSCCOc2ccccc2)cc1F. The Morgan fingerprint density at radius 3 is 2.60 bits per heavy atom. The fraction of sp³-hybridized carbons (Fsp3) is 0.250. The van der Waals surface area contributed by atoms with Crippen molar-refractivity contribution in [3.05, 3.63) is 59.9 Å². The Morgan fingerprint density at radius 2 is 1.90 bits per heavy atom. The van der Waals surface area contributed by atoms with E-state index >= 15 is 0 Å². The van der Waals surface area contributed by atoms with Crippen molar-refractivity contribution < 1.29 is 13.9 Å². The summed E-state index contributed by atoms with van der Waals surface area (Å²) in [6.07, 6.45) is 0. The molecule has 0 spiro atoms. The molecule has 0 amide bonds. The number of ether oxygens (including phenoxy) is 2. The van der Waals surface area contributed by atoms with Crippen molar-refractivity contribution in [1.82, 2.24) is 0 Å². The maximum absolute atomic E-state index is 13.5. The molecule has 0 fully saturated rings. The minimum atomic E-state index is -0.314. The lowest BCUT2D eigenvalue weighted by molar-refractivity contribution is 0.344. The molecule has 0 radical (unpaired) electrons. The Morgan fingerprint density at radius 1 is 1.10 bits per heavy atom. The van der Waals surface area contributed by atoms with Crippen LogP contribution in [0.5, 0.6) is 11.5 Å². The predicted octanol–water partition coefficient (Wildman–Crippen LogP) is 4.15. The lowest BCUT2D eigenvalue weighted by Gasteiger charge is -2.07. The Labute approximate surface area is 122 Å². The zero-order valence-corrected chi connectivity index (χ0v) is 12.2. The molecule has 2 aromatic rings. The second kappa shape index (κ2) is 7.80. The highest BCUT2D eigenvalue weighted by Crippen LogP contribution is 2.20. The Hall–Kier alpha value is -1.68. The quantitative estimate of drug-likeness (QED) is 0.714. The van der Waals surface area contributed by atoms with Gasteiger partial charge in [-0.05, 0) is 29.8 Å². The molecule has 106 valence electrons. The minimum absolute atomic E-state index is 0.283. The first-order valence-electron chi connectivity index (χ1n) is 6.37. The van der Waals surface area contributed by atoms with Gasteiger partial charge in [0.05, 0.1) is 13.7 Å². The van der Waals surface area contributed by atoms with Crippen LogP contribution in [-0.2, 0) is 5.75 Å². The van der Waals surface area contributed by atoms with E-state index in [1.165, 1.54) is 13.2 Å². The summed E-state index contributed by atoms with van der Waals surface area (Å²) in [6, 6.07) is 14.8. The van der Waals surface area contributed by atoms with E-state index in [4.69, 9.17) is 9.47 Å². The van der Waals surface area contributed by atoms with Crippen molar-refractivity contribution in [1.29, 1.82) is 0 Å². The number of methoxy groups -OCH3 is 1. The molecule has 0 aromatic heterocycles. The Balaban J connectivity index is 1.69. The lowest BCUT2D eigenvalue weighted by Crippen LogP contribution is -2.00. The van der Waals surface area contributed by atoms with Crippen LogP contribution in [0.4, 0.5) is 4.39 Å². The molecule has 2 rings (SSSR count). The second-order valence-corrected chi connectivity index (χ2v) is 5.29. The third-order valence-electron chi connectivity index (χ3n) is 2.72. The van der Waals surface area contributed by atoms with Crippen LogP contribution in [0.3, 0.4) is 0 Å². The first-order valence-corrected chi connectivity index (χ1v) is 7.53. The maximum Gasteiger partial charge on any atom is 0.165 e. The molecule has 0 saturated heterocycles. The molecule has 2 nitrogen and oxygen atoms in total. The van der Waals surface area contributed by atoms with Crippen LogP contribution in [-0.4, -0.2) is 19.5 Å². The van der Waals surface area contributed by atoms with Crippen LogP contribution in [0.25, 0.3) is 0 Å². The number of benzene rings is 2. The second-order valence-electron chi connectivity index (χ2n) is 4.18. The van der Waals surface area contributed by atoms with Gasteiger partial charge >= 0.3 is 0 Å². The molecule has 4 heteroatoms. The summed E-state index contributed by atoms with van der Waals surface area (Å²) in [7, 11) is 1.47. The summed E-state index contributed by atoms with van der Waals surface area (Å²) in [6.45, 7) is 0.646. The summed E-state index contributed by atoms with van der Waals surface area (Å²) in [5, 5.41) is 0. The van der Waals surface area contributed by atoms with Crippen LogP contribution in [0.1, 0.15) is 5.56 Å². The average molecular weight is 292 g/mol. The summed E-state index contributed by atoms with van der Waals surface area (Å²) in [5.74, 6) is 2.47. The monoisotopic (exact) mass is 292 g/mol. The smallest absolute Gasteiger partial charge is 0.165 e. The van der Waals surface area contributed by atoms with Gasteiger partial charge in [-0.1, -0.05) is 24.3 Å². The van der Waals surface area contributed by atoms with Crippen LogP contribution >= 0.6 is 11.8 Å². The molecule has 0 aliphatic carbocycles. The standard InChI is InChI=1S/C16H17FO2S/c1-18-16-8-7-13(11-15(16)17)12-20-10-9-19-14-5-3-2-4-6-14/h2-8,11H,9-10,12H2,1H3. The lowest BCUT2D eigenvalue weighted by atomic mass is 10.2. The van der Waals surface area contributed by atoms with Crippen molar-refractivity contribution in [2.24, 2.45) is 0 Å². The molecule has 0 aliphatic heterocycles. The van der Waals surface area contributed by atoms with E-state index in [2.05, 4.69) is 0 Å². The third-order valence-corrected chi connectivity index (χ3v) is 3.72. The molecule has 20 heavy (non-hydrogen) atoms. The normalized spacial score (nSPS) is 10.3. The van der Waals surface area contributed by atoms with Crippen LogP contribution in [0, 0.1) is 5.82 Å². The average Bonchev–Trinajstić information content (AvgIpc) is 2.48. The van der Waals surface area contributed by atoms with Gasteiger partial charge in [0.1, 0.15) is 5.75 Å². The van der Waals surface area contributed by atoms with Gasteiger partial charge in [0.25, 0.3) is 0 Å². The van der Waals surface area contributed by atoms with Gasteiger partial charge < -0.3 is 9.47 Å². The van der Waals surface area contributed by atoms with E-state index in [1.54, 1.807) is 17.8 Å². The van der Waals surface area contributed by atoms with E-state index in [1.807, 2.05) is 36.4 Å². The van der Waals surface area contributed by atoms with Crippen LogP contribution in [0.2, 0.25) is 0 Å². The molecule has 0 heterocycles. The summed E-state index contributed by atoms with van der Waals surface area (Å²) < 4.78 is 24.0. The predicted molar refractivity (Wildman–Crippen MR) is 81.1 cm³/mol. The van der Waals surface area contributed by atoms with Gasteiger partial charge in [-0.25, -0.2) is 4.39 Å². The molecule has 0 bridgehead atoms. The highest BCUT2D eigenvalue weighted by molar-refractivity contribution is 7.98. The molecule has 0 aliphatic rings. The number of rotatable bonds is 7. The number of hydrogen-bond donors (Lipinski definition) is 0. The van der Waals surface area contributed by atoms with E-state index in [9.17, 15) is 4.39 Å². The largest absolute Gasteiger partial charge is 0.494 e.